The van der Waals surface area contributed by atoms with Crippen molar-refractivity contribution < 1.29 is 14.3 Å². The van der Waals surface area contributed by atoms with Gasteiger partial charge in [0.2, 0.25) is 0 Å². The van der Waals surface area contributed by atoms with E-state index >= 15 is 0 Å². The van der Waals surface area contributed by atoms with Crippen LogP contribution in [0.25, 0.3) is 6.08 Å². The summed E-state index contributed by atoms with van der Waals surface area (Å²) in [5, 5.41) is 3.18. The van der Waals surface area contributed by atoms with Gasteiger partial charge in [-0.3, -0.25) is 4.79 Å². The molecule has 0 unspecified atom stereocenters. The highest BCUT2D eigenvalue weighted by Gasteiger charge is 2.02. The molecule has 1 rings (SSSR count). The first-order valence-corrected chi connectivity index (χ1v) is 5.79. The third kappa shape index (κ3) is 4.77. The summed E-state index contributed by atoms with van der Waals surface area (Å²) in [5.74, 6) is -0.976. The van der Waals surface area contributed by atoms with Crippen LogP contribution in [0.15, 0.2) is 24.3 Å². The Hall–Kier alpha value is -1.52. The van der Waals surface area contributed by atoms with Crippen LogP contribution in [0.3, 0.4) is 0 Å². The van der Waals surface area contributed by atoms with Gasteiger partial charge in [-0.1, -0.05) is 29.3 Å². The Morgan fingerprint density at radius 3 is 2.67 bits per heavy atom. The van der Waals surface area contributed by atoms with Gasteiger partial charge < -0.3 is 10.1 Å². The van der Waals surface area contributed by atoms with Gasteiger partial charge in [-0.15, -0.1) is 0 Å². The molecule has 6 heteroatoms. The van der Waals surface area contributed by atoms with Crippen molar-refractivity contribution in [3.05, 3.63) is 39.9 Å². The molecule has 96 valence electrons. The molecule has 0 fully saturated rings. The Balaban J connectivity index is 2.55. The number of carbonyl (C=O) groups excluding carboxylic acids is 2. The zero-order valence-corrected chi connectivity index (χ0v) is 11.1. The van der Waals surface area contributed by atoms with Crippen LogP contribution in [0.1, 0.15) is 5.56 Å². The van der Waals surface area contributed by atoms with Gasteiger partial charge in [0.05, 0.1) is 10.0 Å². The standard InChI is InChI=1S/C12H11Cl2NO3/c1-15-11(16)7-18-12(17)5-3-8-2-4-9(13)10(14)6-8/h2-6H,7H2,1H3,(H,15,16). The van der Waals surface area contributed by atoms with Crippen molar-refractivity contribution in [1.82, 2.24) is 5.32 Å². The Bertz CT molecular complexity index is 486. The highest BCUT2D eigenvalue weighted by Crippen LogP contribution is 2.23. The van der Waals surface area contributed by atoms with E-state index in [9.17, 15) is 9.59 Å². The topological polar surface area (TPSA) is 55.4 Å². The van der Waals surface area contributed by atoms with Crippen LogP contribution >= 0.6 is 23.2 Å². The van der Waals surface area contributed by atoms with E-state index in [0.717, 1.165) is 0 Å². The second-order valence-corrected chi connectivity index (χ2v) is 4.10. The summed E-state index contributed by atoms with van der Waals surface area (Å²) < 4.78 is 4.67. The number of amides is 1. The van der Waals surface area contributed by atoms with Gasteiger partial charge in [0, 0.05) is 13.1 Å². The number of rotatable bonds is 4. The smallest absolute Gasteiger partial charge is 0.331 e. The first kappa shape index (κ1) is 14.5. The SMILES string of the molecule is CNC(=O)COC(=O)C=Cc1ccc(Cl)c(Cl)c1. The van der Waals surface area contributed by atoms with Crippen LogP contribution in [-0.2, 0) is 14.3 Å². The largest absolute Gasteiger partial charge is 0.452 e. The van der Waals surface area contributed by atoms with Crippen molar-refractivity contribution in [2.45, 2.75) is 0 Å². The van der Waals surface area contributed by atoms with Gasteiger partial charge in [0.25, 0.3) is 5.91 Å². The lowest BCUT2D eigenvalue weighted by atomic mass is 10.2. The summed E-state index contributed by atoms with van der Waals surface area (Å²) in [6, 6.07) is 4.95. The van der Waals surface area contributed by atoms with Crippen LogP contribution in [-0.4, -0.2) is 25.5 Å². The van der Waals surface area contributed by atoms with E-state index in [0.29, 0.717) is 15.6 Å². The maximum Gasteiger partial charge on any atom is 0.331 e. The maximum absolute atomic E-state index is 11.2. The number of nitrogens with one attached hydrogen (secondary N) is 1. The summed E-state index contributed by atoms with van der Waals surface area (Å²) in [6.07, 6.45) is 2.73. The normalized spacial score (nSPS) is 10.4. The molecule has 0 aliphatic carbocycles. The van der Waals surface area contributed by atoms with Crippen molar-refractivity contribution in [3.8, 4) is 0 Å². The zero-order chi connectivity index (χ0) is 13.5. The third-order valence-corrected chi connectivity index (χ3v) is 2.72. The van der Waals surface area contributed by atoms with Crippen molar-refractivity contribution in [2.75, 3.05) is 13.7 Å². The molecule has 1 N–H and O–H groups in total. The first-order chi connectivity index (χ1) is 8.52. The van der Waals surface area contributed by atoms with Gasteiger partial charge in [0.1, 0.15) is 0 Å². The molecular formula is C12H11Cl2NO3. The Morgan fingerprint density at radius 1 is 1.33 bits per heavy atom. The van der Waals surface area contributed by atoms with E-state index in [1.165, 1.54) is 19.2 Å². The fourth-order valence-electron chi connectivity index (χ4n) is 1.04. The Kier molecular flexibility index (Phi) is 5.68. The maximum atomic E-state index is 11.2. The molecule has 0 radical (unpaired) electrons. The zero-order valence-electron chi connectivity index (χ0n) is 9.57. The van der Waals surface area contributed by atoms with Crippen LogP contribution < -0.4 is 5.32 Å². The third-order valence-electron chi connectivity index (χ3n) is 1.98. The minimum atomic E-state index is -0.607. The molecule has 0 saturated carbocycles. The number of hydrogen-bond donors (Lipinski definition) is 1. The van der Waals surface area contributed by atoms with Gasteiger partial charge >= 0.3 is 5.97 Å². The predicted octanol–water partition coefficient (Wildman–Crippen LogP) is 2.30. The van der Waals surface area contributed by atoms with Gasteiger partial charge in [0.15, 0.2) is 6.61 Å². The number of esters is 1. The number of benzene rings is 1. The van der Waals surface area contributed by atoms with Gasteiger partial charge in [-0.2, -0.15) is 0 Å². The lowest BCUT2D eigenvalue weighted by Crippen LogP contribution is -2.24. The minimum absolute atomic E-state index is 0.305. The van der Waals surface area contributed by atoms with E-state index in [2.05, 4.69) is 10.1 Å². The quantitative estimate of drug-likeness (QED) is 0.683. The fourth-order valence-corrected chi connectivity index (χ4v) is 1.34. The molecule has 0 saturated heterocycles. The lowest BCUT2D eigenvalue weighted by molar-refractivity contribution is -0.143. The Morgan fingerprint density at radius 2 is 2.06 bits per heavy atom. The summed E-state index contributed by atoms with van der Waals surface area (Å²) in [7, 11) is 1.46. The molecule has 1 aromatic carbocycles. The van der Waals surface area contributed by atoms with Gasteiger partial charge in [-0.25, -0.2) is 4.79 Å². The van der Waals surface area contributed by atoms with E-state index in [1.807, 2.05) is 0 Å². The summed E-state index contributed by atoms with van der Waals surface area (Å²) >= 11 is 11.6. The number of likely N-dealkylation sites (N-methyl/N-ethyl adjacent to an activating group) is 1. The molecule has 0 heterocycles. The highest BCUT2D eigenvalue weighted by atomic mass is 35.5. The molecule has 1 amide bonds. The second-order valence-electron chi connectivity index (χ2n) is 3.29. The lowest BCUT2D eigenvalue weighted by Gasteiger charge is -2.00. The summed E-state index contributed by atoms with van der Waals surface area (Å²) in [6.45, 7) is -0.305. The molecule has 0 atom stereocenters. The second kappa shape index (κ2) is 7.03. The monoisotopic (exact) mass is 287 g/mol. The highest BCUT2D eigenvalue weighted by molar-refractivity contribution is 6.42. The van der Waals surface area contributed by atoms with Crippen LogP contribution in [0, 0.1) is 0 Å². The molecule has 0 aromatic heterocycles. The van der Waals surface area contributed by atoms with E-state index in [1.54, 1.807) is 18.2 Å². The van der Waals surface area contributed by atoms with Crippen molar-refractivity contribution >= 4 is 41.2 Å². The van der Waals surface area contributed by atoms with Crippen LogP contribution in [0.4, 0.5) is 0 Å². The summed E-state index contributed by atoms with van der Waals surface area (Å²) in [5.41, 5.74) is 0.710. The predicted molar refractivity (Wildman–Crippen MR) is 70.5 cm³/mol. The number of hydrogen-bond acceptors (Lipinski definition) is 3. The molecule has 0 aliphatic heterocycles. The number of halogens is 2. The van der Waals surface area contributed by atoms with E-state index in [4.69, 9.17) is 23.2 Å². The fraction of sp³-hybridized carbons (Fsp3) is 0.167. The first-order valence-electron chi connectivity index (χ1n) is 5.03. The van der Waals surface area contributed by atoms with E-state index < -0.39 is 5.97 Å². The number of carbonyl (C=O) groups is 2. The number of ether oxygens (including phenoxy) is 1. The van der Waals surface area contributed by atoms with Crippen LogP contribution in [0.5, 0.6) is 0 Å². The molecule has 0 aliphatic rings. The van der Waals surface area contributed by atoms with Gasteiger partial charge in [-0.05, 0) is 23.8 Å². The average Bonchev–Trinajstić information content (AvgIpc) is 2.37. The summed E-state index contributed by atoms with van der Waals surface area (Å²) in [4.78, 5) is 22.1. The molecule has 1 aromatic rings. The van der Waals surface area contributed by atoms with Crippen molar-refractivity contribution in [1.29, 1.82) is 0 Å². The van der Waals surface area contributed by atoms with E-state index in [-0.39, 0.29) is 12.5 Å². The molecule has 0 bridgehead atoms. The minimum Gasteiger partial charge on any atom is -0.452 e. The molecule has 4 nitrogen and oxygen atoms in total. The molecule has 0 spiro atoms. The van der Waals surface area contributed by atoms with Crippen LogP contribution in [0.2, 0.25) is 10.0 Å². The Labute approximate surface area is 115 Å². The average molecular weight is 288 g/mol. The van der Waals surface area contributed by atoms with Crippen molar-refractivity contribution in [2.24, 2.45) is 0 Å². The van der Waals surface area contributed by atoms with Crippen molar-refractivity contribution in [3.63, 3.8) is 0 Å². The molecule has 18 heavy (non-hydrogen) atoms. The molecular weight excluding hydrogens is 277 g/mol.